The van der Waals surface area contributed by atoms with E-state index in [1.807, 2.05) is 11.8 Å². The second-order valence-electron chi connectivity index (χ2n) is 11.3. The van der Waals surface area contributed by atoms with Gasteiger partial charge in [0.2, 0.25) is 5.91 Å². The number of hydrogen-bond acceptors (Lipinski definition) is 5. The van der Waals surface area contributed by atoms with Gasteiger partial charge in [0.1, 0.15) is 0 Å². The first kappa shape index (κ1) is 27.9. The molecule has 2 N–H and O–H groups in total. The molecule has 0 spiro atoms. The van der Waals surface area contributed by atoms with Crippen molar-refractivity contribution < 1.29 is 19.5 Å². The highest BCUT2D eigenvalue weighted by Gasteiger charge is 2.45. The summed E-state index contributed by atoms with van der Waals surface area (Å²) in [6.45, 7) is 2.83. The van der Waals surface area contributed by atoms with Gasteiger partial charge in [0.15, 0.2) is 11.4 Å². The van der Waals surface area contributed by atoms with E-state index in [-0.39, 0.29) is 12.3 Å². The Morgan fingerprint density at radius 3 is 2.00 bits per heavy atom. The number of aryl methyl sites for hydroxylation is 1. The Labute approximate surface area is 236 Å². The number of ketones is 1. The zero-order chi connectivity index (χ0) is 28.2. The van der Waals surface area contributed by atoms with Crippen LogP contribution in [0.5, 0.6) is 0 Å². The molecule has 40 heavy (non-hydrogen) atoms. The summed E-state index contributed by atoms with van der Waals surface area (Å²) in [5, 5.41) is 14.3. The number of Topliss-reactive ketones (excluding diaryl/α,β-unsaturated/α-hetero) is 1. The van der Waals surface area contributed by atoms with Crippen LogP contribution in [-0.2, 0) is 25.4 Å². The number of amides is 2. The molecule has 1 saturated carbocycles. The summed E-state index contributed by atoms with van der Waals surface area (Å²) in [6, 6.07) is 25.0. The van der Waals surface area contributed by atoms with Crippen LogP contribution in [0.4, 0.5) is 0 Å². The van der Waals surface area contributed by atoms with Crippen molar-refractivity contribution in [2.75, 3.05) is 13.1 Å². The normalized spacial score (nSPS) is 19.2. The summed E-state index contributed by atoms with van der Waals surface area (Å²) < 4.78 is 0. The van der Waals surface area contributed by atoms with Crippen LogP contribution in [0, 0.1) is 6.92 Å². The molecule has 5 rings (SSSR count). The first-order valence-corrected chi connectivity index (χ1v) is 14.4. The number of nitrogens with zero attached hydrogens (tertiary/aromatic N) is 1. The fourth-order valence-electron chi connectivity index (χ4n) is 6.48. The van der Waals surface area contributed by atoms with Gasteiger partial charge in [0, 0.05) is 0 Å². The Kier molecular flexibility index (Phi) is 8.29. The van der Waals surface area contributed by atoms with E-state index in [1.165, 1.54) is 0 Å². The monoisotopic (exact) mass is 538 g/mol. The van der Waals surface area contributed by atoms with Gasteiger partial charge in [0.05, 0.1) is 18.0 Å². The molecule has 1 heterocycles. The standard InChI is InChI=1S/C34H38N2O4/c1-25-17-19-26(20-18-25)33(21-9-4-10-22-33)30(37)24-36-23-11-16-29(36)31(38)35-32(39)34(40,27-12-5-2-6-13-27)28-14-7-3-8-15-28/h2-3,5-8,12-15,17-20,29,40H,4,9-11,16,21-24H2,1H3,(H,35,38,39)/t29-/m0/s1. The van der Waals surface area contributed by atoms with Gasteiger partial charge in [-0.2, -0.15) is 0 Å². The number of aliphatic hydroxyl groups is 1. The minimum atomic E-state index is -2.03. The number of carbonyl (C=O) groups excluding carboxylic acids is 3. The molecule has 0 bridgehead atoms. The maximum Gasteiger partial charge on any atom is 0.267 e. The second kappa shape index (κ2) is 11.9. The summed E-state index contributed by atoms with van der Waals surface area (Å²) in [5.74, 6) is -1.13. The van der Waals surface area contributed by atoms with Crippen LogP contribution in [0.25, 0.3) is 0 Å². The molecule has 0 radical (unpaired) electrons. The zero-order valence-corrected chi connectivity index (χ0v) is 23.1. The van der Waals surface area contributed by atoms with Crippen molar-refractivity contribution in [1.82, 2.24) is 10.2 Å². The summed E-state index contributed by atoms with van der Waals surface area (Å²) in [5.41, 5.74) is 0.411. The van der Waals surface area contributed by atoms with Crippen molar-refractivity contribution in [3.63, 3.8) is 0 Å². The predicted molar refractivity (Wildman–Crippen MR) is 155 cm³/mol. The Bertz CT molecular complexity index is 1290. The lowest BCUT2D eigenvalue weighted by atomic mass is 9.66. The van der Waals surface area contributed by atoms with E-state index in [1.54, 1.807) is 60.7 Å². The number of carbonyl (C=O) groups is 3. The quantitative estimate of drug-likeness (QED) is 0.430. The van der Waals surface area contributed by atoms with E-state index in [0.29, 0.717) is 24.1 Å². The van der Waals surface area contributed by atoms with Crippen LogP contribution in [0.15, 0.2) is 84.9 Å². The second-order valence-corrected chi connectivity index (χ2v) is 11.3. The van der Waals surface area contributed by atoms with Crippen LogP contribution < -0.4 is 5.32 Å². The maximum absolute atomic E-state index is 14.0. The molecule has 2 amide bonds. The van der Waals surface area contributed by atoms with Crippen molar-refractivity contribution >= 4 is 17.6 Å². The summed E-state index contributed by atoms with van der Waals surface area (Å²) in [7, 11) is 0. The van der Waals surface area contributed by atoms with E-state index < -0.39 is 28.9 Å². The number of nitrogens with one attached hydrogen (secondary N) is 1. The largest absolute Gasteiger partial charge is 0.372 e. The molecule has 1 aliphatic heterocycles. The van der Waals surface area contributed by atoms with E-state index in [2.05, 4.69) is 29.6 Å². The van der Waals surface area contributed by atoms with Crippen LogP contribution in [-0.4, -0.2) is 46.7 Å². The van der Waals surface area contributed by atoms with E-state index in [0.717, 1.165) is 49.7 Å². The fraction of sp³-hybridized carbons (Fsp3) is 0.382. The van der Waals surface area contributed by atoms with Crippen molar-refractivity contribution in [2.45, 2.75) is 68.9 Å². The molecular weight excluding hydrogens is 500 g/mol. The highest BCUT2D eigenvalue weighted by Crippen LogP contribution is 2.41. The third-order valence-corrected chi connectivity index (χ3v) is 8.81. The third-order valence-electron chi connectivity index (χ3n) is 8.81. The molecule has 1 aliphatic carbocycles. The molecule has 2 fully saturated rings. The molecule has 3 aromatic carbocycles. The molecule has 208 valence electrons. The molecule has 6 heteroatoms. The van der Waals surface area contributed by atoms with Gasteiger partial charge in [-0.25, -0.2) is 0 Å². The highest BCUT2D eigenvalue weighted by molar-refractivity contribution is 6.03. The van der Waals surface area contributed by atoms with Gasteiger partial charge < -0.3 is 5.11 Å². The Morgan fingerprint density at radius 1 is 0.850 bits per heavy atom. The van der Waals surface area contributed by atoms with Gasteiger partial charge in [-0.05, 0) is 55.8 Å². The third kappa shape index (κ3) is 5.38. The van der Waals surface area contributed by atoms with E-state index in [9.17, 15) is 19.5 Å². The molecular formula is C34H38N2O4. The number of benzene rings is 3. The van der Waals surface area contributed by atoms with Crippen LogP contribution in [0.1, 0.15) is 67.2 Å². The first-order valence-electron chi connectivity index (χ1n) is 14.4. The lowest BCUT2D eigenvalue weighted by Gasteiger charge is -2.38. The molecule has 2 aliphatic rings. The first-order chi connectivity index (χ1) is 19.3. The fourth-order valence-corrected chi connectivity index (χ4v) is 6.48. The van der Waals surface area contributed by atoms with Crippen molar-refractivity contribution in [1.29, 1.82) is 0 Å². The smallest absolute Gasteiger partial charge is 0.267 e. The van der Waals surface area contributed by atoms with Crippen LogP contribution >= 0.6 is 0 Å². The molecule has 0 aromatic heterocycles. The minimum absolute atomic E-state index is 0.146. The Morgan fingerprint density at radius 2 is 1.43 bits per heavy atom. The SMILES string of the molecule is Cc1ccc(C2(C(=O)CN3CCC[C@H]3C(=O)NC(=O)C(O)(c3ccccc3)c3ccccc3)CCCCC2)cc1. The minimum Gasteiger partial charge on any atom is -0.372 e. The van der Waals surface area contributed by atoms with Gasteiger partial charge >= 0.3 is 0 Å². The Balaban J connectivity index is 1.35. The summed E-state index contributed by atoms with van der Waals surface area (Å²) >= 11 is 0. The van der Waals surface area contributed by atoms with Gasteiger partial charge in [0.25, 0.3) is 5.91 Å². The summed E-state index contributed by atoms with van der Waals surface area (Å²) in [6.07, 6.45) is 6.10. The topological polar surface area (TPSA) is 86.7 Å². The van der Waals surface area contributed by atoms with E-state index >= 15 is 0 Å². The number of rotatable bonds is 8. The molecule has 6 nitrogen and oxygen atoms in total. The summed E-state index contributed by atoms with van der Waals surface area (Å²) in [4.78, 5) is 43.0. The molecule has 0 unspecified atom stereocenters. The van der Waals surface area contributed by atoms with Gasteiger partial charge in [-0.3, -0.25) is 24.6 Å². The number of imide groups is 1. The average Bonchev–Trinajstić information content (AvgIpc) is 3.46. The van der Waals surface area contributed by atoms with Crippen LogP contribution in [0.3, 0.4) is 0 Å². The zero-order valence-electron chi connectivity index (χ0n) is 23.1. The van der Waals surface area contributed by atoms with Crippen molar-refractivity contribution in [2.24, 2.45) is 0 Å². The predicted octanol–water partition coefficient (Wildman–Crippen LogP) is 4.81. The van der Waals surface area contributed by atoms with Crippen molar-refractivity contribution in [3.05, 3.63) is 107 Å². The molecule has 3 aromatic rings. The maximum atomic E-state index is 14.0. The van der Waals surface area contributed by atoms with E-state index in [4.69, 9.17) is 0 Å². The van der Waals surface area contributed by atoms with Gasteiger partial charge in [-0.1, -0.05) is 110 Å². The molecule has 1 saturated heterocycles. The number of likely N-dealkylation sites (tertiary alicyclic amines) is 1. The lowest BCUT2D eigenvalue weighted by molar-refractivity contribution is -0.143. The lowest BCUT2D eigenvalue weighted by Crippen LogP contribution is -2.54. The van der Waals surface area contributed by atoms with Crippen molar-refractivity contribution in [3.8, 4) is 0 Å². The average molecular weight is 539 g/mol. The highest BCUT2D eigenvalue weighted by atomic mass is 16.3. The van der Waals surface area contributed by atoms with Gasteiger partial charge in [-0.15, -0.1) is 0 Å². The van der Waals surface area contributed by atoms with Crippen LogP contribution in [0.2, 0.25) is 0 Å². The molecule has 1 atom stereocenters. The Hall–Kier alpha value is -3.61. The number of hydrogen-bond donors (Lipinski definition) is 2.